The van der Waals surface area contributed by atoms with Crippen molar-refractivity contribution >= 4 is 17.2 Å². The molecule has 130 valence electrons. The molecule has 0 radical (unpaired) electrons. The minimum atomic E-state index is -0.0473. The Balaban J connectivity index is 1.60. The van der Waals surface area contributed by atoms with Crippen LogP contribution in [0.4, 0.5) is 0 Å². The van der Waals surface area contributed by atoms with Crippen LogP contribution in [0.3, 0.4) is 0 Å². The number of thiophene rings is 1. The molecule has 3 N–H and O–H groups in total. The quantitative estimate of drug-likeness (QED) is 0.688. The summed E-state index contributed by atoms with van der Waals surface area (Å²) in [6.07, 6.45) is 2.14. The Morgan fingerprint density at radius 1 is 1.50 bits per heavy atom. The van der Waals surface area contributed by atoms with Gasteiger partial charge in [-0.15, -0.1) is 11.3 Å². The Bertz CT molecular complexity index is 644. The summed E-state index contributed by atoms with van der Waals surface area (Å²) in [5.74, 6) is -0.0473. The van der Waals surface area contributed by atoms with E-state index in [1.165, 1.54) is 4.88 Å². The zero-order valence-electron chi connectivity index (χ0n) is 13.4. The summed E-state index contributed by atoms with van der Waals surface area (Å²) < 4.78 is 5.54. The molecule has 7 nitrogen and oxygen atoms in total. The van der Waals surface area contributed by atoms with Crippen LogP contribution >= 0.6 is 11.3 Å². The highest BCUT2D eigenvalue weighted by Crippen LogP contribution is 2.28. The Hall–Kier alpha value is -1.74. The van der Waals surface area contributed by atoms with Gasteiger partial charge in [-0.25, -0.2) is 0 Å². The second kappa shape index (κ2) is 8.39. The summed E-state index contributed by atoms with van der Waals surface area (Å²) >= 11 is 1.73. The van der Waals surface area contributed by atoms with E-state index in [-0.39, 0.29) is 18.6 Å². The molecular weight excluding hydrogens is 328 g/mol. The number of nitrogens with one attached hydrogen (secondary N) is 2. The Labute approximate surface area is 144 Å². The number of carbonyl (C=O) groups excluding carboxylic acids is 1. The van der Waals surface area contributed by atoms with Crippen LogP contribution in [0.25, 0.3) is 10.6 Å². The van der Waals surface area contributed by atoms with E-state index in [4.69, 9.17) is 9.84 Å². The topological polar surface area (TPSA) is 90.5 Å². The van der Waals surface area contributed by atoms with Gasteiger partial charge in [0.2, 0.25) is 5.91 Å². The summed E-state index contributed by atoms with van der Waals surface area (Å²) in [5.41, 5.74) is 1.02. The molecule has 1 atom stereocenters. The van der Waals surface area contributed by atoms with Gasteiger partial charge in [0.15, 0.2) is 0 Å². The fourth-order valence-electron chi connectivity index (χ4n) is 2.77. The predicted molar refractivity (Wildman–Crippen MR) is 91.6 cm³/mol. The minimum absolute atomic E-state index is 0.0395. The number of nitrogens with zero attached hydrogens (tertiary/aromatic N) is 2. The average Bonchev–Trinajstić information content (AvgIpc) is 3.26. The van der Waals surface area contributed by atoms with Crippen molar-refractivity contribution in [2.24, 2.45) is 0 Å². The molecule has 3 heterocycles. The van der Waals surface area contributed by atoms with Crippen molar-refractivity contribution in [3.8, 4) is 10.6 Å². The third-order valence-electron chi connectivity index (χ3n) is 3.99. The molecule has 2 aromatic heterocycles. The number of aliphatic hydroxyl groups excluding tert-OH is 1. The van der Waals surface area contributed by atoms with Crippen molar-refractivity contribution in [1.82, 2.24) is 20.4 Å². The van der Waals surface area contributed by atoms with Crippen molar-refractivity contribution in [3.05, 3.63) is 29.3 Å². The van der Waals surface area contributed by atoms with Crippen molar-refractivity contribution in [1.29, 1.82) is 0 Å². The molecule has 0 unspecified atom stereocenters. The molecule has 0 aliphatic carbocycles. The number of rotatable bonds is 7. The summed E-state index contributed by atoms with van der Waals surface area (Å²) in [6, 6.07) is 6.24. The number of ether oxygens (including phenoxy) is 1. The minimum Gasteiger partial charge on any atom is -0.395 e. The van der Waals surface area contributed by atoms with Crippen molar-refractivity contribution in [3.63, 3.8) is 0 Å². The average molecular weight is 350 g/mol. The van der Waals surface area contributed by atoms with E-state index in [1.54, 1.807) is 17.5 Å². The highest BCUT2D eigenvalue weighted by atomic mass is 32.1. The molecule has 0 spiro atoms. The van der Waals surface area contributed by atoms with Crippen LogP contribution in [0, 0.1) is 0 Å². The van der Waals surface area contributed by atoms with Gasteiger partial charge < -0.3 is 15.2 Å². The lowest BCUT2D eigenvalue weighted by Gasteiger charge is -2.34. The van der Waals surface area contributed by atoms with Gasteiger partial charge in [0.25, 0.3) is 0 Å². The summed E-state index contributed by atoms with van der Waals surface area (Å²) in [5, 5.41) is 18.5. The van der Waals surface area contributed by atoms with Gasteiger partial charge in [-0.1, -0.05) is 0 Å². The van der Waals surface area contributed by atoms with Crippen molar-refractivity contribution in [2.75, 3.05) is 32.9 Å². The van der Waals surface area contributed by atoms with Crippen LogP contribution in [0.5, 0.6) is 0 Å². The standard InChI is InChI=1S/C16H22N4O3S/c21-7-5-17-16(22)9-12-11-23-8-6-20(12)10-13-1-2-15(24-13)14-3-4-18-19-14/h1-4,12,21H,5-11H2,(H,17,22)(H,18,19)/t12-/m1/s1. The number of aliphatic hydroxyl groups is 1. The van der Waals surface area contributed by atoms with Crippen LogP contribution in [-0.2, 0) is 16.1 Å². The fourth-order valence-corrected chi connectivity index (χ4v) is 3.78. The SMILES string of the molecule is O=C(C[C@@H]1COCCN1Cc1ccc(-c2ccn[nH]2)s1)NCCO. The van der Waals surface area contributed by atoms with E-state index in [9.17, 15) is 4.79 Å². The summed E-state index contributed by atoms with van der Waals surface area (Å²) in [4.78, 5) is 16.6. The van der Waals surface area contributed by atoms with E-state index in [1.807, 2.05) is 6.07 Å². The van der Waals surface area contributed by atoms with Gasteiger partial charge in [-0.3, -0.25) is 14.8 Å². The molecule has 1 fully saturated rings. The number of carbonyl (C=O) groups is 1. The van der Waals surface area contributed by atoms with E-state index in [2.05, 4.69) is 32.5 Å². The zero-order valence-corrected chi connectivity index (χ0v) is 14.2. The van der Waals surface area contributed by atoms with Gasteiger partial charge in [-0.05, 0) is 18.2 Å². The third kappa shape index (κ3) is 4.41. The first-order valence-electron chi connectivity index (χ1n) is 8.04. The lowest BCUT2D eigenvalue weighted by atomic mass is 10.1. The summed E-state index contributed by atoms with van der Waals surface area (Å²) in [6.45, 7) is 3.13. The molecule has 1 amide bonds. The molecule has 2 aromatic rings. The lowest BCUT2D eigenvalue weighted by Crippen LogP contribution is -2.47. The molecule has 3 rings (SSSR count). The first-order valence-corrected chi connectivity index (χ1v) is 8.85. The number of aromatic nitrogens is 2. The van der Waals surface area contributed by atoms with Gasteiger partial charge in [-0.2, -0.15) is 5.10 Å². The van der Waals surface area contributed by atoms with E-state index in [0.717, 1.165) is 23.7 Å². The number of hydrogen-bond acceptors (Lipinski definition) is 6. The molecule has 0 saturated carbocycles. The molecule has 0 bridgehead atoms. The molecule has 0 aromatic carbocycles. The molecule has 1 aliphatic heterocycles. The zero-order chi connectivity index (χ0) is 16.8. The Morgan fingerprint density at radius 3 is 3.21 bits per heavy atom. The maximum atomic E-state index is 11.9. The Morgan fingerprint density at radius 2 is 2.42 bits per heavy atom. The van der Waals surface area contributed by atoms with Crippen LogP contribution in [0.2, 0.25) is 0 Å². The lowest BCUT2D eigenvalue weighted by molar-refractivity contribution is -0.124. The maximum Gasteiger partial charge on any atom is 0.221 e. The van der Waals surface area contributed by atoms with E-state index >= 15 is 0 Å². The Kier molecular flexibility index (Phi) is 5.97. The number of aromatic amines is 1. The summed E-state index contributed by atoms with van der Waals surface area (Å²) in [7, 11) is 0. The molecule has 24 heavy (non-hydrogen) atoms. The van der Waals surface area contributed by atoms with Crippen LogP contribution < -0.4 is 5.32 Å². The first-order chi connectivity index (χ1) is 11.8. The maximum absolute atomic E-state index is 11.9. The first kappa shape index (κ1) is 17.1. The van der Waals surface area contributed by atoms with Crippen molar-refractivity contribution < 1.29 is 14.6 Å². The number of morpholine rings is 1. The number of H-pyrrole nitrogens is 1. The number of amides is 1. The van der Waals surface area contributed by atoms with Gasteiger partial charge in [0, 0.05) is 43.2 Å². The van der Waals surface area contributed by atoms with Crippen LogP contribution in [-0.4, -0.2) is 65.1 Å². The third-order valence-corrected chi connectivity index (χ3v) is 5.09. The normalized spacial score (nSPS) is 18.6. The molecule has 1 saturated heterocycles. The largest absolute Gasteiger partial charge is 0.395 e. The van der Waals surface area contributed by atoms with Gasteiger partial charge in [0.05, 0.1) is 30.4 Å². The van der Waals surface area contributed by atoms with E-state index in [0.29, 0.717) is 26.2 Å². The van der Waals surface area contributed by atoms with Gasteiger partial charge in [0.1, 0.15) is 0 Å². The molecule has 1 aliphatic rings. The monoisotopic (exact) mass is 350 g/mol. The van der Waals surface area contributed by atoms with Crippen molar-refractivity contribution in [2.45, 2.75) is 19.0 Å². The second-order valence-corrected chi connectivity index (χ2v) is 6.88. The van der Waals surface area contributed by atoms with Crippen LogP contribution in [0.1, 0.15) is 11.3 Å². The van der Waals surface area contributed by atoms with E-state index < -0.39 is 0 Å². The molecular formula is C16H22N4O3S. The van der Waals surface area contributed by atoms with Gasteiger partial charge >= 0.3 is 0 Å². The predicted octanol–water partition coefficient (Wildman–Crippen LogP) is 0.838. The smallest absolute Gasteiger partial charge is 0.221 e. The highest BCUT2D eigenvalue weighted by molar-refractivity contribution is 7.15. The second-order valence-electron chi connectivity index (χ2n) is 5.71. The number of hydrogen-bond donors (Lipinski definition) is 3. The highest BCUT2D eigenvalue weighted by Gasteiger charge is 2.25. The molecule has 8 heteroatoms. The fraction of sp³-hybridized carbons (Fsp3) is 0.500. The van der Waals surface area contributed by atoms with Crippen LogP contribution in [0.15, 0.2) is 24.4 Å².